The van der Waals surface area contributed by atoms with Gasteiger partial charge in [-0.05, 0) is 31.6 Å². The lowest BCUT2D eigenvalue weighted by Crippen LogP contribution is -2.57. The third kappa shape index (κ3) is 2.61. The van der Waals surface area contributed by atoms with Gasteiger partial charge in [0.05, 0.1) is 6.54 Å². The topological polar surface area (TPSA) is 78.9 Å². The predicted molar refractivity (Wildman–Crippen MR) is 71.4 cm³/mol. The molecule has 0 radical (unpaired) electrons. The van der Waals surface area contributed by atoms with Crippen molar-refractivity contribution in [3.63, 3.8) is 0 Å². The van der Waals surface area contributed by atoms with Gasteiger partial charge in [-0.15, -0.1) is 0 Å². The molecule has 1 aliphatic carbocycles. The number of piperidine rings is 1. The molecule has 3 fully saturated rings. The van der Waals surface area contributed by atoms with Gasteiger partial charge < -0.3 is 15.2 Å². The fraction of sp³-hybridized carbons (Fsp3) is 0.857. The van der Waals surface area contributed by atoms with Crippen molar-refractivity contribution in [1.82, 2.24) is 10.2 Å². The molecule has 1 saturated carbocycles. The molecule has 0 aromatic heterocycles. The maximum Gasteiger partial charge on any atom is 0.407 e. The quantitative estimate of drug-likeness (QED) is 0.813. The summed E-state index contributed by atoms with van der Waals surface area (Å²) in [6.07, 6.45) is 5.83. The van der Waals surface area contributed by atoms with E-state index in [9.17, 15) is 14.7 Å². The SMILES string of the molecule is O=C1NCC(CN2C(C(=O)O)CCC3CCCCC32)O1. The van der Waals surface area contributed by atoms with Crippen molar-refractivity contribution in [2.45, 2.75) is 56.7 Å². The Morgan fingerprint density at radius 1 is 1.30 bits per heavy atom. The molecule has 4 unspecified atom stereocenters. The van der Waals surface area contributed by atoms with Gasteiger partial charge in [0.1, 0.15) is 12.1 Å². The Labute approximate surface area is 118 Å². The zero-order chi connectivity index (χ0) is 14.1. The van der Waals surface area contributed by atoms with Crippen LogP contribution >= 0.6 is 0 Å². The summed E-state index contributed by atoms with van der Waals surface area (Å²) in [4.78, 5) is 24.7. The Morgan fingerprint density at radius 3 is 2.80 bits per heavy atom. The van der Waals surface area contributed by atoms with Crippen molar-refractivity contribution in [3.8, 4) is 0 Å². The zero-order valence-corrected chi connectivity index (χ0v) is 11.6. The molecule has 2 aliphatic heterocycles. The smallest absolute Gasteiger partial charge is 0.407 e. The third-order valence-electron chi connectivity index (χ3n) is 4.95. The van der Waals surface area contributed by atoms with Gasteiger partial charge in [0.25, 0.3) is 0 Å². The van der Waals surface area contributed by atoms with Crippen LogP contribution < -0.4 is 5.32 Å². The van der Waals surface area contributed by atoms with Gasteiger partial charge in [-0.3, -0.25) is 9.69 Å². The minimum Gasteiger partial charge on any atom is -0.480 e. The summed E-state index contributed by atoms with van der Waals surface area (Å²) >= 11 is 0. The van der Waals surface area contributed by atoms with Gasteiger partial charge >= 0.3 is 12.1 Å². The molecule has 20 heavy (non-hydrogen) atoms. The number of amides is 1. The molecule has 6 heteroatoms. The minimum atomic E-state index is -0.744. The second-order valence-corrected chi connectivity index (χ2v) is 6.15. The first-order valence-corrected chi connectivity index (χ1v) is 7.58. The molecule has 0 spiro atoms. The van der Waals surface area contributed by atoms with E-state index in [4.69, 9.17) is 4.74 Å². The molecule has 1 amide bonds. The number of fused-ring (bicyclic) bond motifs is 1. The number of carboxylic acid groups (broad SMARTS) is 1. The predicted octanol–water partition coefficient (Wildman–Crippen LogP) is 1.20. The number of rotatable bonds is 3. The van der Waals surface area contributed by atoms with Crippen LogP contribution in [0.4, 0.5) is 4.79 Å². The number of alkyl carbamates (subject to hydrolysis) is 1. The van der Waals surface area contributed by atoms with Crippen LogP contribution in [0.25, 0.3) is 0 Å². The molecule has 0 bridgehead atoms. The molecule has 2 saturated heterocycles. The molecule has 0 aromatic carbocycles. The maximum atomic E-state index is 11.5. The average Bonchev–Trinajstić information content (AvgIpc) is 2.84. The lowest BCUT2D eigenvalue weighted by molar-refractivity contribution is -0.149. The van der Waals surface area contributed by atoms with Crippen molar-refractivity contribution < 1.29 is 19.4 Å². The molecule has 2 N–H and O–H groups in total. The second-order valence-electron chi connectivity index (χ2n) is 6.15. The van der Waals surface area contributed by atoms with E-state index >= 15 is 0 Å². The van der Waals surface area contributed by atoms with Crippen LogP contribution in [0, 0.1) is 5.92 Å². The van der Waals surface area contributed by atoms with E-state index in [1.807, 2.05) is 0 Å². The summed E-state index contributed by atoms with van der Waals surface area (Å²) in [6, 6.07) is -0.0773. The molecule has 3 aliphatic rings. The maximum absolute atomic E-state index is 11.5. The lowest BCUT2D eigenvalue weighted by Gasteiger charge is -2.47. The molecular formula is C14H22N2O4. The number of carbonyl (C=O) groups excluding carboxylic acids is 1. The number of aliphatic carboxylic acids is 1. The summed E-state index contributed by atoms with van der Waals surface area (Å²) in [6.45, 7) is 1.02. The van der Waals surface area contributed by atoms with E-state index < -0.39 is 12.0 Å². The number of ether oxygens (including phenoxy) is 1. The highest BCUT2D eigenvalue weighted by atomic mass is 16.6. The number of hydrogen-bond donors (Lipinski definition) is 2. The first-order valence-electron chi connectivity index (χ1n) is 7.58. The van der Waals surface area contributed by atoms with Crippen molar-refractivity contribution in [2.24, 2.45) is 5.92 Å². The summed E-state index contributed by atoms with van der Waals surface area (Å²) in [5.74, 6) is -0.129. The highest BCUT2D eigenvalue weighted by molar-refractivity contribution is 5.73. The average molecular weight is 282 g/mol. The Hall–Kier alpha value is -1.30. The van der Waals surface area contributed by atoms with Crippen molar-refractivity contribution >= 4 is 12.1 Å². The van der Waals surface area contributed by atoms with Crippen LogP contribution in [0.15, 0.2) is 0 Å². The first kappa shape index (κ1) is 13.7. The van der Waals surface area contributed by atoms with E-state index in [-0.39, 0.29) is 12.2 Å². The number of nitrogens with zero attached hydrogens (tertiary/aromatic N) is 1. The largest absolute Gasteiger partial charge is 0.480 e. The number of nitrogens with one attached hydrogen (secondary N) is 1. The van der Waals surface area contributed by atoms with Crippen LogP contribution in [0.5, 0.6) is 0 Å². The van der Waals surface area contributed by atoms with Crippen LogP contribution in [-0.2, 0) is 9.53 Å². The molecule has 3 rings (SSSR count). The lowest BCUT2D eigenvalue weighted by atomic mass is 9.76. The van der Waals surface area contributed by atoms with Crippen LogP contribution in [0.2, 0.25) is 0 Å². The van der Waals surface area contributed by atoms with E-state index in [0.717, 1.165) is 12.8 Å². The number of cyclic esters (lactones) is 1. The van der Waals surface area contributed by atoms with E-state index in [1.165, 1.54) is 19.3 Å². The minimum absolute atomic E-state index is 0.218. The number of carboxylic acids is 1. The summed E-state index contributed by atoms with van der Waals surface area (Å²) in [7, 11) is 0. The molecule has 112 valence electrons. The Morgan fingerprint density at radius 2 is 2.10 bits per heavy atom. The van der Waals surface area contributed by atoms with Crippen molar-refractivity contribution in [3.05, 3.63) is 0 Å². The monoisotopic (exact) mass is 282 g/mol. The molecule has 0 aromatic rings. The van der Waals surface area contributed by atoms with Crippen LogP contribution in [0.3, 0.4) is 0 Å². The first-order chi connectivity index (χ1) is 9.65. The van der Waals surface area contributed by atoms with E-state index in [2.05, 4.69) is 10.2 Å². The van der Waals surface area contributed by atoms with Gasteiger partial charge in [-0.1, -0.05) is 12.8 Å². The van der Waals surface area contributed by atoms with Gasteiger partial charge in [-0.2, -0.15) is 0 Å². The molecular weight excluding hydrogens is 260 g/mol. The van der Waals surface area contributed by atoms with E-state index in [1.54, 1.807) is 0 Å². The highest BCUT2D eigenvalue weighted by Crippen LogP contribution is 2.38. The number of likely N-dealkylation sites (tertiary alicyclic amines) is 1. The number of hydrogen-bond acceptors (Lipinski definition) is 4. The third-order valence-corrected chi connectivity index (χ3v) is 4.95. The van der Waals surface area contributed by atoms with Crippen LogP contribution in [0.1, 0.15) is 38.5 Å². The zero-order valence-electron chi connectivity index (χ0n) is 11.6. The fourth-order valence-corrected chi connectivity index (χ4v) is 4.03. The van der Waals surface area contributed by atoms with Gasteiger partial charge in [0.2, 0.25) is 0 Å². The molecule has 6 nitrogen and oxygen atoms in total. The normalized spacial score (nSPS) is 37.9. The Balaban J connectivity index is 1.73. The number of carbonyl (C=O) groups is 2. The standard InChI is InChI=1S/C14H22N2O4/c17-13(18)12-6-5-9-3-1-2-4-11(9)16(12)8-10-7-15-14(19)20-10/h9-12H,1-8H2,(H,15,19)(H,17,18). The van der Waals surface area contributed by atoms with E-state index in [0.29, 0.717) is 31.5 Å². The summed E-state index contributed by atoms with van der Waals surface area (Å²) < 4.78 is 5.19. The van der Waals surface area contributed by atoms with Crippen LogP contribution in [-0.4, -0.2) is 53.3 Å². The van der Waals surface area contributed by atoms with Gasteiger partial charge in [-0.25, -0.2) is 4.79 Å². The molecule has 4 atom stereocenters. The highest BCUT2D eigenvalue weighted by Gasteiger charge is 2.43. The van der Waals surface area contributed by atoms with Gasteiger partial charge in [0, 0.05) is 12.6 Å². The fourth-order valence-electron chi connectivity index (χ4n) is 4.03. The Bertz CT molecular complexity index is 401. The Kier molecular flexibility index (Phi) is 3.83. The summed E-state index contributed by atoms with van der Waals surface area (Å²) in [5, 5.41) is 12.1. The second kappa shape index (κ2) is 5.60. The molecule has 2 heterocycles. The van der Waals surface area contributed by atoms with Crippen molar-refractivity contribution in [2.75, 3.05) is 13.1 Å². The van der Waals surface area contributed by atoms with Gasteiger partial charge in [0.15, 0.2) is 0 Å². The summed E-state index contributed by atoms with van der Waals surface area (Å²) in [5.41, 5.74) is 0. The van der Waals surface area contributed by atoms with Crippen molar-refractivity contribution in [1.29, 1.82) is 0 Å².